The Balaban J connectivity index is 2.27. The Morgan fingerprint density at radius 2 is 2.15 bits per heavy atom. The summed E-state index contributed by atoms with van der Waals surface area (Å²) >= 11 is 7.30. The third-order valence-electron chi connectivity index (χ3n) is 3.49. The van der Waals surface area contributed by atoms with Gasteiger partial charge in [-0.25, -0.2) is 18.1 Å². The van der Waals surface area contributed by atoms with Gasteiger partial charge < -0.3 is 0 Å². The van der Waals surface area contributed by atoms with Crippen molar-refractivity contribution in [3.8, 4) is 0 Å². The van der Waals surface area contributed by atoms with Crippen LogP contribution in [0.2, 0.25) is 5.15 Å². The van der Waals surface area contributed by atoms with E-state index in [1.165, 1.54) is 15.7 Å². The first-order valence-electron chi connectivity index (χ1n) is 6.23. The highest BCUT2D eigenvalue weighted by Gasteiger charge is 2.27. The summed E-state index contributed by atoms with van der Waals surface area (Å²) in [7, 11) is -3.67. The minimum Gasteiger partial charge on any atom is -0.279 e. The lowest BCUT2D eigenvalue weighted by Gasteiger charge is -2.27. The quantitative estimate of drug-likeness (QED) is 0.934. The Bertz CT molecular complexity index is 713. The number of sulfonamides is 1. The molecule has 0 amide bonds. The minimum absolute atomic E-state index is 0.00719. The first-order chi connectivity index (χ1) is 9.13. The van der Waals surface area contributed by atoms with Gasteiger partial charge in [0.1, 0.15) is 0 Å². The number of imidazole rings is 1. The lowest BCUT2D eigenvalue weighted by molar-refractivity contribution is 0.263. The van der Waals surface area contributed by atoms with Crippen molar-refractivity contribution in [2.24, 2.45) is 11.3 Å². The highest BCUT2D eigenvalue weighted by molar-refractivity contribution is 7.89. The second kappa shape index (κ2) is 5.29. The van der Waals surface area contributed by atoms with Crippen molar-refractivity contribution in [3.05, 3.63) is 16.7 Å². The predicted octanol–water partition coefficient (Wildman–Crippen LogP) is 3.01. The van der Waals surface area contributed by atoms with Gasteiger partial charge in [0.15, 0.2) is 15.1 Å². The predicted molar refractivity (Wildman–Crippen MR) is 81.9 cm³/mol. The largest absolute Gasteiger partial charge is 0.279 e. The second-order valence-electron chi connectivity index (χ2n) is 5.88. The summed E-state index contributed by atoms with van der Waals surface area (Å²) in [6.07, 6.45) is 1.65. The van der Waals surface area contributed by atoms with E-state index in [9.17, 15) is 8.42 Å². The van der Waals surface area contributed by atoms with Crippen LogP contribution in [0.25, 0.3) is 4.96 Å². The third kappa shape index (κ3) is 3.00. The monoisotopic (exact) mass is 335 g/mol. The Kier molecular flexibility index (Phi) is 4.17. The molecule has 1 unspecified atom stereocenters. The van der Waals surface area contributed by atoms with Gasteiger partial charge in [-0.1, -0.05) is 39.3 Å². The van der Waals surface area contributed by atoms with Gasteiger partial charge in [0.05, 0.1) is 0 Å². The second-order valence-corrected chi connectivity index (χ2v) is 8.80. The summed E-state index contributed by atoms with van der Waals surface area (Å²) in [5, 5.41) is 1.79. The van der Waals surface area contributed by atoms with Crippen LogP contribution in [0.4, 0.5) is 0 Å². The molecule has 0 saturated heterocycles. The van der Waals surface area contributed by atoms with Crippen LogP contribution < -0.4 is 4.72 Å². The van der Waals surface area contributed by atoms with Gasteiger partial charge in [-0.05, 0) is 11.3 Å². The number of nitrogens with zero attached hydrogens (tertiary/aromatic N) is 2. The number of thiazole rings is 1. The molecule has 0 fully saturated rings. The maximum atomic E-state index is 12.4. The zero-order valence-electron chi connectivity index (χ0n) is 11.8. The van der Waals surface area contributed by atoms with Crippen LogP contribution in [0.3, 0.4) is 0 Å². The zero-order valence-corrected chi connectivity index (χ0v) is 14.2. The Morgan fingerprint density at radius 3 is 2.75 bits per heavy atom. The molecule has 1 atom stereocenters. The molecule has 8 heteroatoms. The number of halogens is 1. The normalized spacial score (nSPS) is 14.8. The van der Waals surface area contributed by atoms with Crippen LogP contribution >= 0.6 is 22.9 Å². The van der Waals surface area contributed by atoms with E-state index in [0.717, 1.165) is 0 Å². The molecular weight excluding hydrogens is 318 g/mol. The van der Waals surface area contributed by atoms with Crippen LogP contribution in [-0.2, 0) is 10.0 Å². The van der Waals surface area contributed by atoms with Gasteiger partial charge in [-0.2, -0.15) is 0 Å². The van der Waals surface area contributed by atoms with Crippen molar-refractivity contribution in [3.63, 3.8) is 0 Å². The van der Waals surface area contributed by atoms with E-state index < -0.39 is 10.0 Å². The molecule has 5 nitrogen and oxygen atoms in total. The number of rotatable bonds is 4. The molecule has 1 N–H and O–H groups in total. The van der Waals surface area contributed by atoms with Gasteiger partial charge in [0.25, 0.3) is 10.0 Å². The fourth-order valence-electron chi connectivity index (χ4n) is 1.59. The molecule has 2 rings (SSSR count). The van der Waals surface area contributed by atoms with Crippen molar-refractivity contribution in [2.45, 2.75) is 32.7 Å². The number of hydrogen-bond donors (Lipinski definition) is 1. The third-order valence-corrected chi connectivity index (χ3v) is 6.07. The topological polar surface area (TPSA) is 63.5 Å². The number of aromatic nitrogens is 2. The van der Waals surface area contributed by atoms with Crippen molar-refractivity contribution in [1.29, 1.82) is 0 Å². The fraction of sp³-hybridized carbons (Fsp3) is 0.583. The molecule has 0 bridgehead atoms. The molecular formula is C12H18ClN3O2S2. The highest BCUT2D eigenvalue weighted by Crippen LogP contribution is 2.27. The molecule has 0 aliphatic heterocycles. The highest BCUT2D eigenvalue weighted by atomic mass is 35.5. The molecule has 0 saturated carbocycles. The average Bonchev–Trinajstić information content (AvgIpc) is 2.83. The van der Waals surface area contributed by atoms with Gasteiger partial charge in [-0.15, -0.1) is 11.3 Å². The molecule has 20 heavy (non-hydrogen) atoms. The maximum absolute atomic E-state index is 12.4. The molecule has 2 aromatic rings. The van der Waals surface area contributed by atoms with Crippen LogP contribution in [-0.4, -0.2) is 24.3 Å². The maximum Gasteiger partial charge on any atom is 0.259 e. The summed E-state index contributed by atoms with van der Waals surface area (Å²) in [5.74, 6) is 0.196. The Labute approximate surface area is 128 Å². The molecule has 0 radical (unpaired) electrons. The molecule has 0 aromatic carbocycles. The van der Waals surface area contributed by atoms with Crippen molar-refractivity contribution in [2.75, 3.05) is 6.54 Å². The Morgan fingerprint density at radius 1 is 1.50 bits per heavy atom. The summed E-state index contributed by atoms with van der Waals surface area (Å²) in [6.45, 7) is 8.61. The molecule has 2 heterocycles. The number of hydrogen-bond acceptors (Lipinski definition) is 4. The molecule has 0 spiro atoms. The van der Waals surface area contributed by atoms with E-state index in [4.69, 9.17) is 11.6 Å². The number of nitrogens with one attached hydrogen (secondary N) is 1. The summed E-state index contributed by atoms with van der Waals surface area (Å²) < 4.78 is 28.9. The van der Waals surface area contributed by atoms with E-state index in [1.807, 2.05) is 6.92 Å². The van der Waals surface area contributed by atoms with E-state index in [0.29, 0.717) is 11.5 Å². The van der Waals surface area contributed by atoms with Crippen LogP contribution in [0.1, 0.15) is 27.7 Å². The summed E-state index contributed by atoms with van der Waals surface area (Å²) in [4.78, 5) is 4.61. The van der Waals surface area contributed by atoms with Crippen molar-refractivity contribution in [1.82, 2.24) is 14.1 Å². The van der Waals surface area contributed by atoms with E-state index in [2.05, 4.69) is 30.5 Å². The van der Waals surface area contributed by atoms with Gasteiger partial charge >= 0.3 is 0 Å². The molecule has 0 aliphatic rings. The molecule has 112 valence electrons. The van der Waals surface area contributed by atoms with E-state index in [-0.39, 0.29) is 21.5 Å². The average molecular weight is 336 g/mol. The minimum atomic E-state index is -3.67. The number of fused-ring (bicyclic) bond motifs is 1. The Hall–Kier alpha value is -0.630. The van der Waals surface area contributed by atoms with Gasteiger partial charge in [0.2, 0.25) is 0 Å². The van der Waals surface area contributed by atoms with Crippen molar-refractivity contribution < 1.29 is 8.42 Å². The summed E-state index contributed by atoms with van der Waals surface area (Å²) in [5.41, 5.74) is 0.0292. The lowest BCUT2D eigenvalue weighted by atomic mass is 9.82. The zero-order chi connectivity index (χ0) is 15.1. The van der Waals surface area contributed by atoms with Crippen LogP contribution in [0.15, 0.2) is 16.6 Å². The fourth-order valence-corrected chi connectivity index (χ4v) is 4.17. The van der Waals surface area contributed by atoms with E-state index in [1.54, 1.807) is 11.6 Å². The smallest absolute Gasteiger partial charge is 0.259 e. The SMILES string of the molecule is CC(CNS(=O)(=O)c1c(Cl)nc2sccn12)C(C)(C)C. The molecule has 0 aliphatic carbocycles. The van der Waals surface area contributed by atoms with E-state index >= 15 is 0 Å². The van der Waals surface area contributed by atoms with Crippen LogP contribution in [0.5, 0.6) is 0 Å². The van der Waals surface area contributed by atoms with Crippen molar-refractivity contribution >= 4 is 37.9 Å². The lowest BCUT2D eigenvalue weighted by Crippen LogP contribution is -2.34. The van der Waals surface area contributed by atoms with Gasteiger partial charge in [-0.3, -0.25) is 4.40 Å². The standard InChI is InChI=1S/C12H18ClN3O2S2/c1-8(12(2,3)4)7-14-20(17,18)10-9(13)15-11-16(10)5-6-19-11/h5-6,8,14H,7H2,1-4H3. The molecule has 2 aromatic heterocycles. The first-order valence-corrected chi connectivity index (χ1v) is 8.97. The van der Waals surface area contributed by atoms with Gasteiger partial charge in [0, 0.05) is 18.1 Å². The summed E-state index contributed by atoms with van der Waals surface area (Å²) in [6, 6.07) is 0. The van der Waals surface area contributed by atoms with Crippen LogP contribution in [0, 0.1) is 11.3 Å². The first kappa shape index (κ1) is 15.8.